The second-order valence-electron chi connectivity index (χ2n) is 4.22. The van der Waals surface area contributed by atoms with Gasteiger partial charge in [0.1, 0.15) is 5.75 Å². The number of amides is 2. The lowest BCUT2D eigenvalue weighted by Crippen LogP contribution is -2.42. The Balaban J connectivity index is 1.99. The van der Waals surface area contributed by atoms with Crippen LogP contribution in [-0.4, -0.2) is 11.8 Å². The van der Waals surface area contributed by atoms with E-state index in [4.69, 9.17) is 4.74 Å². The van der Waals surface area contributed by atoms with Gasteiger partial charge in [-0.15, -0.1) is 0 Å². The van der Waals surface area contributed by atoms with Crippen LogP contribution in [-0.2, 0) is 4.79 Å². The van der Waals surface area contributed by atoms with E-state index in [9.17, 15) is 9.59 Å². The molecule has 0 fully saturated rings. The van der Waals surface area contributed by atoms with Crippen molar-refractivity contribution in [3.05, 3.63) is 65.7 Å². The average molecular weight is 253 g/mol. The zero-order chi connectivity index (χ0) is 13.2. The van der Waals surface area contributed by atoms with Crippen molar-refractivity contribution in [3.8, 4) is 5.75 Å². The van der Waals surface area contributed by atoms with E-state index in [1.54, 1.807) is 36.4 Å². The Kier molecular flexibility index (Phi) is 2.76. The molecule has 0 aliphatic carbocycles. The monoisotopic (exact) mass is 253 g/mol. The first-order valence-electron chi connectivity index (χ1n) is 5.91. The van der Waals surface area contributed by atoms with Crippen molar-refractivity contribution in [3.63, 3.8) is 0 Å². The summed E-state index contributed by atoms with van der Waals surface area (Å²) in [5, 5.41) is 2.30. The number of hydrogen-bond acceptors (Lipinski definition) is 3. The first-order valence-corrected chi connectivity index (χ1v) is 5.91. The predicted octanol–water partition coefficient (Wildman–Crippen LogP) is 2.08. The van der Waals surface area contributed by atoms with E-state index in [0.29, 0.717) is 16.9 Å². The first kappa shape index (κ1) is 11.5. The Morgan fingerprint density at radius 3 is 2.37 bits per heavy atom. The zero-order valence-corrected chi connectivity index (χ0v) is 10.00. The zero-order valence-electron chi connectivity index (χ0n) is 10.00. The summed E-state index contributed by atoms with van der Waals surface area (Å²) in [6.45, 7) is 0. The molecule has 0 saturated carbocycles. The molecule has 1 heterocycles. The standard InChI is InChI=1S/C15H11NO3/c17-14-12-9-5-4-8-11(12)13(15(18)16-14)19-10-6-2-1-3-7-10/h1-9,13H,(H,16,17,18). The molecular weight excluding hydrogens is 242 g/mol. The molecule has 3 rings (SSSR count). The number of fused-ring (bicyclic) bond motifs is 1. The Morgan fingerprint density at radius 2 is 1.58 bits per heavy atom. The lowest BCUT2D eigenvalue weighted by Gasteiger charge is -2.24. The van der Waals surface area contributed by atoms with Gasteiger partial charge in [-0.25, -0.2) is 0 Å². The van der Waals surface area contributed by atoms with Crippen LogP contribution in [0, 0.1) is 0 Å². The minimum Gasteiger partial charge on any atom is -0.476 e. The third kappa shape index (κ3) is 2.08. The van der Waals surface area contributed by atoms with Crippen LogP contribution in [0.25, 0.3) is 0 Å². The second kappa shape index (κ2) is 4.57. The van der Waals surface area contributed by atoms with Gasteiger partial charge in [0.25, 0.3) is 11.8 Å². The highest BCUT2D eigenvalue weighted by Gasteiger charge is 2.33. The number of nitrogens with one attached hydrogen (secondary N) is 1. The smallest absolute Gasteiger partial charge is 0.272 e. The third-order valence-corrected chi connectivity index (χ3v) is 2.96. The molecule has 0 aromatic heterocycles. The lowest BCUT2D eigenvalue weighted by atomic mass is 9.97. The third-order valence-electron chi connectivity index (χ3n) is 2.96. The summed E-state index contributed by atoms with van der Waals surface area (Å²) in [5.74, 6) is -0.229. The quantitative estimate of drug-likeness (QED) is 0.834. The molecule has 0 spiro atoms. The molecule has 94 valence electrons. The van der Waals surface area contributed by atoms with Gasteiger partial charge < -0.3 is 4.74 Å². The number of ether oxygens (including phenoxy) is 1. The van der Waals surface area contributed by atoms with Gasteiger partial charge in [0.2, 0.25) is 6.10 Å². The molecule has 1 unspecified atom stereocenters. The highest BCUT2D eigenvalue weighted by Crippen LogP contribution is 2.27. The van der Waals surface area contributed by atoms with Crippen LogP contribution in [0.1, 0.15) is 22.0 Å². The highest BCUT2D eigenvalue weighted by molar-refractivity contribution is 6.11. The fourth-order valence-corrected chi connectivity index (χ4v) is 2.07. The van der Waals surface area contributed by atoms with E-state index in [-0.39, 0.29) is 5.91 Å². The van der Waals surface area contributed by atoms with Crippen molar-refractivity contribution in [1.82, 2.24) is 5.32 Å². The topological polar surface area (TPSA) is 55.4 Å². The van der Waals surface area contributed by atoms with Crippen LogP contribution in [0.15, 0.2) is 54.6 Å². The number of benzene rings is 2. The van der Waals surface area contributed by atoms with E-state index in [0.717, 1.165) is 0 Å². The number of imide groups is 1. The summed E-state index contributed by atoms with van der Waals surface area (Å²) in [7, 11) is 0. The van der Waals surface area contributed by atoms with Crippen LogP contribution in [0.3, 0.4) is 0 Å². The number of hydrogen-bond donors (Lipinski definition) is 1. The average Bonchev–Trinajstić information content (AvgIpc) is 2.45. The molecule has 1 N–H and O–H groups in total. The molecule has 19 heavy (non-hydrogen) atoms. The number of carbonyl (C=O) groups is 2. The normalized spacial score (nSPS) is 17.6. The van der Waals surface area contributed by atoms with Gasteiger partial charge in [0, 0.05) is 11.1 Å². The molecule has 0 saturated heterocycles. The Morgan fingerprint density at radius 1 is 0.895 bits per heavy atom. The van der Waals surface area contributed by atoms with E-state index < -0.39 is 12.0 Å². The van der Waals surface area contributed by atoms with Gasteiger partial charge in [-0.05, 0) is 18.2 Å². The second-order valence-corrected chi connectivity index (χ2v) is 4.22. The van der Waals surface area contributed by atoms with Crippen LogP contribution >= 0.6 is 0 Å². The molecule has 1 aliphatic rings. The molecule has 4 nitrogen and oxygen atoms in total. The largest absolute Gasteiger partial charge is 0.476 e. The van der Waals surface area contributed by atoms with E-state index in [2.05, 4.69) is 5.32 Å². The van der Waals surface area contributed by atoms with Gasteiger partial charge in [-0.2, -0.15) is 0 Å². The van der Waals surface area contributed by atoms with E-state index in [1.165, 1.54) is 0 Å². The van der Waals surface area contributed by atoms with Gasteiger partial charge in [-0.1, -0.05) is 36.4 Å². The fraction of sp³-hybridized carbons (Fsp3) is 0.0667. The first-order chi connectivity index (χ1) is 9.25. The number of carbonyl (C=O) groups excluding carboxylic acids is 2. The summed E-state index contributed by atoms with van der Waals surface area (Å²) in [4.78, 5) is 23.6. The van der Waals surface area contributed by atoms with Crippen LogP contribution in [0.2, 0.25) is 0 Å². The molecule has 0 bridgehead atoms. The maximum Gasteiger partial charge on any atom is 0.272 e. The minimum absolute atomic E-state index is 0.381. The summed E-state index contributed by atoms with van der Waals surface area (Å²) in [6.07, 6.45) is -0.795. The highest BCUT2D eigenvalue weighted by atomic mass is 16.5. The maximum absolute atomic E-state index is 11.9. The molecule has 4 heteroatoms. The Hall–Kier alpha value is -2.62. The SMILES string of the molecule is O=C1NC(=O)C(Oc2ccccc2)c2ccccc21. The molecule has 1 aliphatic heterocycles. The van der Waals surface area contributed by atoms with Gasteiger partial charge in [0.15, 0.2) is 0 Å². The maximum atomic E-state index is 11.9. The van der Waals surface area contributed by atoms with E-state index >= 15 is 0 Å². The fourth-order valence-electron chi connectivity index (χ4n) is 2.07. The summed E-state index contributed by atoms with van der Waals surface area (Å²) >= 11 is 0. The molecule has 2 aromatic carbocycles. The Labute approximate surface area is 110 Å². The lowest BCUT2D eigenvalue weighted by molar-refractivity contribution is -0.127. The molecule has 2 amide bonds. The summed E-state index contributed by atoms with van der Waals surface area (Å²) in [6, 6.07) is 16.0. The Bertz CT molecular complexity index is 637. The van der Waals surface area contributed by atoms with Crippen molar-refractivity contribution < 1.29 is 14.3 Å². The van der Waals surface area contributed by atoms with Crippen molar-refractivity contribution in [1.29, 1.82) is 0 Å². The minimum atomic E-state index is -0.795. The van der Waals surface area contributed by atoms with Crippen molar-refractivity contribution >= 4 is 11.8 Å². The molecule has 0 radical (unpaired) electrons. The molecule has 1 atom stereocenters. The predicted molar refractivity (Wildman–Crippen MR) is 68.7 cm³/mol. The molecular formula is C15H11NO3. The van der Waals surface area contributed by atoms with Crippen LogP contribution in [0.5, 0.6) is 5.75 Å². The number of para-hydroxylation sites is 1. The van der Waals surface area contributed by atoms with Crippen LogP contribution in [0.4, 0.5) is 0 Å². The summed E-state index contributed by atoms with van der Waals surface area (Å²) < 4.78 is 5.68. The van der Waals surface area contributed by atoms with Crippen molar-refractivity contribution in [2.75, 3.05) is 0 Å². The van der Waals surface area contributed by atoms with E-state index in [1.807, 2.05) is 18.2 Å². The van der Waals surface area contributed by atoms with Crippen molar-refractivity contribution in [2.24, 2.45) is 0 Å². The van der Waals surface area contributed by atoms with Crippen LogP contribution < -0.4 is 10.1 Å². The van der Waals surface area contributed by atoms with Gasteiger partial charge in [-0.3, -0.25) is 14.9 Å². The summed E-state index contributed by atoms with van der Waals surface area (Å²) in [5.41, 5.74) is 1.07. The van der Waals surface area contributed by atoms with Crippen molar-refractivity contribution in [2.45, 2.75) is 6.10 Å². The number of rotatable bonds is 2. The van der Waals surface area contributed by atoms with Gasteiger partial charge >= 0.3 is 0 Å². The molecule has 2 aromatic rings. The van der Waals surface area contributed by atoms with Gasteiger partial charge in [0.05, 0.1) is 0 Å².